The first-order valence-corrected chi connectivity index (χ1v) is 11.6. The van der Waals surface area contributed by atoms with Crippen LogP contribution in [0.4, 0.5) is 0 Å². The van der Waals surface area contributed by atoms with Crippen LogP contribution in [0.15, 0.2) is 59.0 Å². The molecule has 1 aliphatic heterocycles. The second-order valence-electron chi connectivity index (χ2n) is 7.54. The van der Waals surface area contributed by atoms with Crippen LogP contribution in [0, 0.1) is 0 Å². The SMILES string of the molecule is O=C(NCCCN1CCCC1)c1oc2ccccc2c1CSCc1ccccc1. The molecular weight excluding hydrogens is 380 g/mol. The van der Waals surface area contributed by atoms with Crippen LogP contribution in [0.3, 0.4) is 0 Å². The zero-order valence-electron chi connectivity index (χ0n) is 16.7. The molecule has 1 fully saturated rings. The Morgan fingerprint density at radius 3 is 2.59 bits per heavy atom. The molecule has 1 aliphatic rings. The minimum Gasteiger partial charge on any atom is -0.451 e. The third-order valence-electron chi connectivity index (χ3n) is 5.40. The summed E-state index contributed by atoms with van der Waals surface area (Å²) in [4.78, 5) is 15.3. The molecule has 0 spiro atoms. The summed E-state index contributed by atoms with van der Waals surface area (Å²) in [5.74, 6) is 2.03. The van der Waals surface area contributed by atoms with Crippen molar-refractivity contribution in [3.63, 3.8) is 0 Å². The maximum atomic E-state index is 12.8. The number of carbonyl (C=O) groups is 1. The van der Waals surface area contributed by atoms with Crippen molar-refractivity contribution >= 4 is 28.6 Å². The predicted octanol–water partition coefficient (Wildman–Crippen LogP) is 5.08. The van der Waals surface area contributed by atoms with Gasteiger partial charge in [0.2, 0.25) is 0 Å². The number of likely N-dealkylation sites (tertiary alicyclic amines) is 1. The lowest BCUT2D eigenvalue weighted by atomic mass is 10.1. The van der Waals surface area contributed by atoms with E-state index in [4.69, 9.17) is 4.42 Å². The van der Waals surface area contributed by atoms with Gasteiger partial charge in [-0.25, -0.2) is 0 Å². The number of thioether (sulfide) groups is 1. The van der Waals surface area contributed by atoms with Gasteiger partial charge in [0.05, 0.1) is 0 Å². The molecule has 1 N–H and O–H groups in total. The molecule has 0 bridgehead atoms. The van der Waals surface area contributed by atoms with Crippen molar-refractivity contribution in [1.82, 2.24) is 10.2 Å². The van der Waals surface area contributed by atoms with E-state index in [1.165, 1.54) is 31.5 Å². The minimum absolute atomic E-state index is 0.0991. The fourth-order valence-corrected chi connectivity index (χ4v) is 4.88. The Morgan fingerprint density at radius 1 is 1.00 bits per heavy atom. The van der Waals surface area contributed by atoms with Crippen molar-refractivity contribution in [3.05, 3.63) is 71.5 Å². The molecule has 152 valence electrons. The number of nitrogens with one attached hydrogen (secondary N) is 1. The maximum Gasteiger partial charge on any atom is 0.287 e. The maximum absolute atomic E-state index is 12.8. The average molecular weight is 409 g/mol. The number of amides is 1. The number of para-hydroxylation sites is 1. The summed E-state index contributed by atoms with van der Waals surface area (Å²) in [6, 6.07) is 18.3. The largest absolute Gasteiger partial charge is 0.451 e. The van der Waals surface area contributed by atoms with Crippen LogP contribution >= 0.6 is 11.8 Å². The summed E-state index contributed by atoms with van der Waals surface area (Å²) in [5, 5.41) is 4.10. The Kier molecular flexibility index (Phi) is 6.91. The smallest absolute Gasteiger partial charge is 0.287 e. The Balaban J connectivity index is 1.39. The first-order chi connectivity index (χ1) is 14.3. The number of nitrogens with zero attached hydrogens (tertiary/aromatic N) is 1. The standard InChI is InChI=1S/C24H28N2O2S/c27-24(25-13-8-16-26-14-6-7-15-26)23-21(20-11-4-5-12-22(20)28-23)18-29-17-19-9-2-1-3-10-19/h1-5,9-12H,6-8,13-18H2,(H,25,27). The van der Waals surface area contributed by atoms with E-state index < -0.39 is 0 Å². The first kappa shape index (κ1) is 20.0. The van der Waals surface area contributed by atoms with Gasteiger partial charge >= 0.3 is 0 Å². The van der Waals surface area contributed by atoms with Crippen LogP contribution < -0.4 is 5.32 Å². The number of fused-ring (bicyclic) bond motifs is 1. The van der Waals surface area contributed by atoms with E-state index in [2.05, 4.69) is 34.5 Å². The molecule has 29 heavy (non-hydrogen) atoms. The molecule has 5 heteroatoms. The molecule has 1 saturated heterocycles. The van der Waals surface area contributed by atoms with Gasteiger partial charge in [0.15, 0.2) is 5.76 Å². The Bertz CT molecular complexity index is 932. The minimum atomic E-state index is -0.0991. The van der Waals surface area contributed by atoms with Crippen LogP contribution in [-0.2, 0) is 11.5 Å². The second-order valence-corrected chi connectivity index (χ2v) is 8.53. The average Bonchev–Trinajstić information content (AvgIpc) is 3.40. The molecule has 0 saturated carbocycles. The van der Waals surface area contributed by atoms with Gasteiger partial charge in [-0.15, -0.1) is 0 Å². The van der Waals surface area contributed by atoms with Crippen molar-refractivity contribution in [2.24, 2.45) is 0 Å². The zero-order valence-corrected chi connectivity index (χ0v) is 17.5. The fourth-order valence-electron chi connectivity index (χ4n) is 3.86. The van der Waals surface area contributed by atoms with Gasteiger partial charge in [-0.3, -0.25) is 4.79 Å². The Hall–Kier alpha value is -2.24. The normalized spacial score (nSPS) is 14.5. The zero-order chi connectivity index (χ0) is 19.9. The number of furan rings is 1. The lowest BCUT2D eigenvalue weighted by molar-refractivity contribution is 0.0925. The Morgan fingerprint density at radius 2 is 1.76 bits per heavy atom. The van der Waals surface area contributed by atoms with E-state index in [-0.39, 0.29) is 5.91 Å². The van der Waals surface area contributed by atoms with E-state index in [1.807, 2.05) is 42.1 Å². The number of rotatable bonds is 9. The van der Waals surface area contributed by atoms with Gasteiger partial charge in [-0.2, -0.15) is 11.8 Å². The highest BCUT2D eigenvalue weighted by Gasteiger charge is 2.20. The number of hydrogen-bond donors (Lipinski definition) is 1. The number of benzene rings is 2. The summed E-state index contributed by atoms with van der Waals surface area (Å²) in [6.07, 6.45) is 3.58. The molecule has 0 radical (unpaired) electrons. The first-order valence-electron chi connectivity index (χ1n) is 10.4. The monoisotopic (exact) mass is 408 g/mol. The van der Waals surface area contributed by atoms with Crippen molar-refractivity contribution < 1.29 is 9.21 Å². The van der Waals surface area contributed by atoms with Crippen molar-refractivity contribution in [1.29, 1.82) is 0 Å². The molecule has 3 aromatic rings. The molecule has 2 heterocycles. The van der Waals surface area contributed by atoms with Crippen molar-refractivity contribution in [2.45, 2.75) is 30.8 Å². The summed E-state index contributed by atoms with van der Waals surface area (Å²) in [6.45, 7) is 4.13. The summed E-state index contributed by atoms with van der Waals surface area (Å²) in [5.41, 5.74) is 3.07. The lowest BCUT2D eigenvalue weighted by Gasteiger charge is -2.14. The third-order valence-corrected chi connectivity index (χ3v) is 6.43. The summed E-state index contributed by atoms with van der Waals surface area (Å²) >= 11 is 1.81. The Labute approximate surface area is 176 Å². The molecule has 0 atom stereocenters. The van der Waals surface area contributed by atoms with Gasteiger partial charge in [0.1, 0.15) is 5.58 Å². The summed E-state index contributed by atoms with van der Waals surface area (Å²) < 4.78 is 5.96. The van der Waals surface area contributed by atoms with Gasteiger partial charge in [-0.05, 0) is 50.5 Å². The summed E-state index contributed by atoms with van der Waals surface area (Å²) in [7, 11) is 0. The molecule has 1 aromatic heterocycles. The molecular formula is C24H28N2O2S. The van der Waals surface area contributed by atoms with Crippen LogP contribution in [0.1, 0.15) is 40.9 Å². The molecule has 4 nitrogen and oxygen atoms in total. The topological polar surface area (TPSA) is 45.5 Å². The second kappa shape index (κ2) is 9.99. The molecule has 0 unspecified atom stereocenters. The van der Waals surface area contributed by atoms with Gasteiger partial charge in [0, 0.05) is 29.0 Å². The third kappa shape index (κ3) is 5.22. The van der Waals surface area contributed by atoms with Gasteiger partial charge in [-0.1, -0.05) is 48.5 Å². The van der Waals surface area contributed by atoms with Gasteiger partial charge in [0.25, 0.3) is 5.91 Å². The highest BCUT2D eigenvalue weighted by Crippen LogP contribution is 2.30. The number of carbonyl (C=O) groups excluding carboxylic acids is 1. The predicted molar refractivity (Wildman–Crippen MR) is 120 cm³/mol. The van der Waals surface area contributed by atoms with Crippen LogP contribution in [0.25, 0.3) is 11.0 Å². The number of hydrogen-bond acceptors (Lipinski definition) is 4. The van der Waals surface area contributed by atoms with E-state index in [9.17, 15) is 4.79 Å². The van der Waals surface area contributed by atoms with Crippen LogP contribution in [-0.4, -0.2) is 37.0 Å². The fraction of sp³-hybridized carbons (Fsp3) is 0.375. The molecule has 4 rings (SSSR count). The highest BCUT2D eigenvalue weighted by molar-refractivity contribution is 7.97. The van der Waals surface area contributed by atoms with Crippen LogP contribution in [0.5, 0.6) is 0 Å². The highest BCUT2D eigenvalue weighted by atomic mass is 32.2. The van der Waals surface area contributed by atoms with E-state index in [0.29, 0.717) is 12.3 Å². The van der Waals surface area contributed by atoms with Crippen molar-refractivity contribution in [3.8, 4) is 0 Å². The van der Waals surface area contributed by atoms with Crippen molar-refractivity contribution in [2.75, 3.05) is 26.2 Å². The quantitative estimate of drug-likeness (QED) is 0.502. The molecule has 1 amide bonds. The van der Waals surface area contributed by atoms with E-state index >= 15 is 0 Å². The van der Waals surface area contributed by atoms with Gasteiger partial charge < -0.3 is 14.6 Å². The van der Waals surface area contributed by atoms with E-state index in [1.54, 1.807) is 0 Å². The molecule has 2 aromatic carbocycles. The van der Waals surface area contributed by atoms with E-state index in [0.717, 1.165) is 41.0 Å². The molecule has 0 aliphatic carbocycles. The van der Waals surface area contributed by atoms with Crippen LogP contribution in [0.2, 0.25) is 0 Å². The lowest BCUT2D eigenvalue weighted by Crippen LogP contribution is -2.28.